The monoisotopic (exact) mass is 214 g/mol. The van der Waals surface area contributed by atoms with E-state index in [0.29, 0.717) is 10.9 Å². The fourth-order valence-electron chi connectivity index (χ4n) is 1.15. The average Bonchev–Trinajstić information content (AvgIpc) is 2.46. The first-order valence-corrected chi connectivity index (χ1v) is 5.46. The van der Waals surface area contributed by atoms with Crippen LogP contribution in [0, 0.1) is 0 Å². The summed E-state index contributed by atoms with van der Waals surface area (Å²) in [6.45, 7) is 5.87. The van der Waals surface area contributed by atoms with Crippen LogP contribution in [-0.2, 0) is 5.41 Å². The lowest BCUT2D eigenvalue weighted by molar-refractivity contribution is 0.0688. The van der Waals surface area contributed by atoms with Crippen molar-refractivity contribution < 1.29 is 9.90 Å². The number of hydrogen-bond acceptors (Lipinski definition) is 3. The van der Waals surface area contributed by atoms with Gasteiger partial charge in [0.25, 0.3) is 0 Å². The molecule has 0 spiro atoms. The van der Waals surface area contributed by atoms with Gasteiger partial charge in [-0.3, -0.25) is 0 Å². The molecular weight excluding hydrogens is 200 g/mol. The molecule has 0 saturated heterocycles. The van der Waals surface area contributed by atoms with Crippen molar-refractivity contribution >= 4 is 17.7 Å². The first-order chi connectivity index (χ1) is 6.36. The van der Waals surface area contributed by atoms with Crippen LogP contribution in [0.2, 0.25) is 0 Å². The number of rotatable bonds is 2. The lowest BCUT2D eigenvalue weighted by Crippen LogP contribution is -2.16. The van der Waals surface area contributed by atoms with Crippen LogP contribution in [0.25, 0.3) is 0 Å². The van der Waals surface area contributed by atoms with Crippen molar-refractivity contribution in [3.63, 3.8) is 0 Å². The first-order valence-electron chi connectivity index (χ1n) is 4.24. The van der Waals surface area contributed by atoms with E-state index in [1.165, 1.54) is 11.8 Å². The van der Waals surface area contributed by atoms with Crippen LogP contribution >= 0.6 is 11.8 Å². The van der Waals surface area contributed by atoms with Crippen molar-refractivity contribution in [2.24, 2.45) is 0 Å². The lowest BCUT2D eigenvalue weighted by atomic mass is 9.91. The second-order valence-electron chi connectivity index (χ2n) is 4.02. The molecule has 14 heavy (non-hydrogen) atoms. The van der Waals surface area contributed by atoms with Crippen LogP contribution in [-0.4, -0.2) is 27.3 Å². The van der Waals surface area contributed by atoms with Crippen LogP contribution in [0.15, 0.2) is 5.16 Å². The fraction of sp³-hybridized carbons (Fsp3) is 0.556. The summed E-state index contributed by atoms with van der Waals surface area (Å²) in [6, 6.07) is 0. The Morgan fingerprint density at radius 2 is 2.07 bits per heavy atom. The second kappa shape index (κ2) is 3.65. The molecule has 5 heteroatoms. The molecule has 0 aliphatic carbocycles. The van der Waals surface area contributed by atoms with E-state index in [0.717, 1.165) is 0 Å². The van der Waals surface area contributed by atoms with Crippen LogP contribution in [0.1, 0.15) is 37.0 Å². The summed E-state index contributed by atoms with van der Waals surface area (Å²) in [5.41, 5.74) is 0.575. The number of aromatic carboxylic acids is 1. The molecule has 0 aliphatic rings. The second-order valence-corrected chi connectivity index (χ2v) is 4.82. The summed E-state index contributed by atoms with van der Waals surface area (Å²) >= 11 is 1.41. The summed E-state index contributed by atoms with van der Waals surface area (Å²) < 4.78 is 0. The van der Waals surface area contributed by atoms with Crippen molar-refractivity contribution in [3.8, 4) is 0 Å². The van der Waals surface area contributed by atoms with Gasteiger partial charge in [-0.15, -0.1) is 0 Å². The molecule has 78 valence electrons. The van der Waals surface area contributed by atoms with Gasteiger partial charge < -0.3 is 10.1 Å². The van der Waals surface area contributed by atoms with E-state index >= 15 is 0 Å². The minimum absolute atomic E-state index is 0.127. The molecule has 0 atom stereocenters. The van der Waals surface area contributed by atoms with E-state index in [9.17, 15) is 4.79 Å². The van der Waals surface area contributed by atoms with Crippen LogP contribution in [0.4, 0.5) is 0 Å². The third-order valence-electron chi connectivity index (χ3n) is 1.83. The quantitative estimate of drug-likeness (QED) is 0.740. The molecule has 1 aromatic heterocycles. The highest BCUT2D eigenvalue weighted by Crippen LogP contribution is 2.26. The highest BCUT2D eigenvalue weighted by Gasteiger charge is 2.25. The van der Waals surface area contributed by atoms with Crippen molar-refractivity contribution in [2.75, 3.05) is 6.26 Å². The normalized spacial score (nSPS) is 11.7. The first kappa shape index (κ1) is 11.1. The molecular formula is C9H14N2O2S. The summed E-state index contributed by atoms with van der Waals surface area (Å²) in [4.78, 5) is 17.9. The Kier molecular flexibility index (Phi) is 2.89. The molecule has 0 aromatic carbocycles. The molecule has 2 N–H and O–H groups in total. The number of aromatic amines is 1. The van der Waals surface area contributed by atoms with Gasteiger partial charge in [-0.05, 0) is 6.26 Å². The molecule has 0 aliphatic heterocycles. The van der Waals surface area contributed by atoms with Gasteiger partial charge in [-0.25, -0.2) is 9.78 Å². The molecule has 0 saturated carbocycles. The summed E-state index contributed by atoms with van der Waals surface area (Å²) in [6.07, 6.45) is 1.86. The molecule has 1 heterocycles. The van der Waals surface area contributed by atoms with E-state index in [4.69, 9.17) is 5.11 Å². The minimum Gasteiger partial charge on any atom is -0.476 e. The number of nitrogens with zero attached hydrogens (tertiary/aromatic N) is 1. The molecule has 4 nitrogen and oxygen atoms in total. The van der Waals surface area contributed by atoms with Gasteiger partial charge in [0.15, 0.2) is 10.9 Å². The number of aromatic nitrogens is 2. The van der Waals surface area contributed by atoms with Gasteiger partial charge in [-0.1, -0.05) is 32.5 Å². The van der Waals surface area contributed by atoms with Gasteiger partial charge in [-0.2, -0.15) is 0 Å². The number of carboxylic acid groups (broad SMARTS) is 1. The zero-order chi connectivity index (χ0) is 10.9. The number of nitrogens with one attached hydrogen (secondary N) is 1. The summed E-state index contributed by atoms with van der Waals surface area (Å²) in [5.74, 6) is -0.980. The number of imidazole rings is 1. The van der Waals surface area contributed by atoms with Gasteiger partial charge in [0.1, 0.15) is 0 Å². The topological polar surface area (TPSA) is 66.0 Å². The van der Waals surface area contributed by atoms with E-state index < -0.39 is 5.97 Å². The smallest absolute Gasteiger partial charge is 0.356 e. The number of carbonyl (C=O) groups is 1. The standard InChI is InChI=1S/C9H14N2O2S/c1-9(2,3)6-5(7(12)13)10-8(11-6)14-4/h1-4H3,(H,10,11)(H,12,13). The molecule has 1 aromatic rings. The highest BCUT2D eigenvalue weighted by atomic mass is 32.2. The van der Waals surface area contributed by atoms with Gasteiger partial charge in [0, 0.05) is 5.41 Å². The molecule has 0 amide bonds. The molecule has 1 rings (SSSR count). The summed E-state index contributed by atoms with van der Waals surface area (Å²) in [5, 5.41) is 9.59. The zero-order valence-corrected chi connectivity index (χ0v) is 9.53. The molecule has 0 radical (unpaired) electrons. The molecule has 0 unspecified atom stereocenters. The Bertz CT molecular complexity index is 352. The largest absolute Gasteiger partial charge is 0.476 e. The maximum absolute atomic E-state index is 10.9. The minimum atomic E-state index is -0.980. The van der Waals surface area contributed by atoms with Crippen molar-refractivity contribution in [2.45, 2.75) is 31.3 Å². The third-order valence-corrected chi connectivity index (χ3v) is 2.41. The van der Waals surface area contributed by atoms with Gasteiger partial charge in [0.05, 0.1) is 5.69 Å². The number of carboxylic acids is 1. The Morgan fingerprint density at radius 3 is 2.36 bits per heavy atom. The van der Waals surface area contributed by atoms with Gasteiger partial charge >= 0.3 is 5.97 Å². The van der Waals surface area contributed by atoms with Crippen LogP contribution in [0.3, 0.4) is 0 Å². The Labute approximate surface area is 87.1 Å². The predicted molar refractivity (Wildman–Crippen MR) is 56.0 cm³/mol. The van der Waals surface area contributed by atoms with Crippen molar-refractivity contribution in [1.82, 2.24) is 9.97 Å². The third kappa shape index (κ3) is 2.09. The lowest BCUT2D eigenvalue weighted by Gasteiger charge is -2.16. The number of hydrogen-bond donors (Lipinski definition) is 2. The van der Waals surface area contributed by atoms with Crippen LogP contribution in [0.5, 0.6) is 0 Å². The molecule has 0 bridgehead atoms. The van der Waals surface area contributed by atoms with Gasteiger partial charge in [0.2, 0.25) is 0 Å². The average molecular weight is 214 g/mol. The van der Waals surface area contributed by atoms with E-state index in [2.05, 4.69) is 9.97 Å². The van der Waals surface area contributed by atoms with E-state index in [1.807, 2.05) is 27.0 Å². The Hall–Kier alpha value is -0.970. The number of H-pyrrole nitrogens is 1. The van der Waals surface area contributed by atoms with Crippen molar-refractivity contribution in [3.05, 3.63) is 11.4 Å². The fourth-order valence-corrected chi connectivity index (χ4v) is 1.53. The Morgan fingerprint density at radius 1 is 1.50 bits per heavy atom. The zero-order valence-electron chi connectivity index (χ0n) is 8.71. The van der Waals surface area contributed by atoms with E-state index in [-0.39, 0.29) is 11.1 Å². The number of thioether (sulfide) groups is 1. The summed E-state index contributed by atoms with van der Waals surface area (Å²) in [7, 11) is 0. The highest BCUT2D eigenvalue weighted by molar-refractivity contribution is 7.98. The molecule has 0 fully saturated rings. The Balaban J connectivity index is 3.26. The van der Waals surface area contributed by atoms with Crippen molar-refractivity contribution in [1.29, 1.82) is 0 Å². The maximum Gasteiger partial charge on any atom is 0.356 e. The van der Waals surface area contributed by atoms with E-state index in [1.54, 1.807) is 0 Å². The predicted octanol–water partition coefficient (Wildman–Crippen LogP) is 2.13. The maximum atomic E-state index is 10.9. The van der Waals surface area contributed by atoms with Crippen LogP contribution < -0.4 is 0 Å². The SMILES string of the molecule is CSc1nc(C(=O)O)c(C(C)(C)C)[nH]1.